The highest BCUT2D eigenvalue weighted by atomic mass is 16.7. The van der Waals surface area contributed by atoms with Crippen molar-refractivity contribution in [2.75, 3.05) is 0 Å². The van der Waals surface area contributed by atoms with Crippen molar-refractivity contribution in [3.63, 3.8) is 0 Å². The number of aromatic amines is 1. The van der Waals surface area contributed by atoms with Crippen molar-refractivity contribution in [3.05, 3.63) is 36.3 Å². The number of H-pyrrole nitrogens is 1. The van der Waals surface area contributed by atoms with Gasteiger partial charge in [0.2, 0.25) is 0 Å². The third-order valence-corrected chi connectivity index (χ3v) is 6.91. The summed E-state index contributed by atoms with van der Waals surface area (Å²) < 4.78 is 17.7. The van der Waals surface area contributed by atoms with Gasteiger partial charge in [-0.1, -0.05) is 30.7 Å². The molecule has 1 saturated carbocycles. The van der Waals surface area contributed by atoms with Crippen LogP contribution >= 0.6 is 0 Å². The molecule has 178 valence electrons. The maximum atomic E-state index is 12.3. The van der Waals surface area contributed by atoms with E-state index >= 15 is 0 Å². The Morgan fingerprint density at radius 3 is 2.36 bits per heavy atom. The molecule has 2 heterocycles. The van der Waals surface area contributed by atoms with Gasteiger partial charge in [-0.15, -0.1) is 0 Å². The molecule has 0 unspecified atom stereocenters. The predicted octanol–water partition coefficient (Wildman–Crippen LogP) is 4.54. The van der Waals surface area contributed by atoms with E-state index in [1.54, 1.807) is 0 Å². The molecule has 4 rings (SSSR count). The fourth-order valence-corrected chi connectivity index (χ4v) is 4.39. The summed E-state index contributed by atoms with van der Waals surface area (Å²) in [4.78, 5) is 20.4. The summed E-state index contributed by atoms with van der Waals surface area (Å²) in [5.41, 5.74) is 1.76. The average molecular weight is 453 g/mol. The number of hydrogen-bond donors (Lipinski definition) is 2. The molecule has 1 saturated heterocycles. The van der Waals surface area contributed by atoms with Crippen molar-refractivity contribution in [1.82, 2.24) is 15.3 Å². The molecule has 1 amide bonds. The highest BCUT2D eigenvalue weighted by Gasteiger charge is 2.51. The highest BCUT2D eigenvalue weighted by molar-refractivity contribution is 6.62. The Balaban J connectivity index is 1.43. The molecule has 33 heavy (non-hydrogen) atoms. The highest BCUT2D eigenvalue weighted by Crippen LogP contribution is 2.37. The van der Waals surface area contributed by atoms with Gasteiger partial charge in [0, 0.05) is 12.0 Å². The molecule has 0 bridgehead atoms. The lowest BCUT2D eigenvalue weighted by Gasteiger charge is -2.32. The number of imidazole rings is 1. The minimum absolute atomic E-state index is 0.0181. The fraction of sp³-hybridized carbons (Fsp3) is 0.600. The minimum atomic E-state index is -0.512. The van der Waals surface area contributed by atoms with Crippen LogP contribution in [0, 0.1) is 0 Å². The summed E-state index contributed by atoms with van der Waals surface area (Å²) in [6.45, 7) is 13.8. The fourth-order valence-electron chi connectivity index (χ4n) is 4.39. The van der Waals surface area contributed by atoms with E-state index in [1.165, 1.54) is 0 Å². The molecule has 2 aromatic rings. The molecule has 2 aliphatic rings. The first-order valence-corrected chi connectivity index (χ1v) is 11.8. The zero-order valence-corrected chi connectivity index (χ0v) is 20.8. The standard InChI is InChI=1S/C25H36BN3O4/c1-23(2,3)31-22(30)29-19-10-8-9-18(19)21-27-15-20(28-21)16-11-13-17(14-12-16)26-32-24(4,5)25(6,7)33-26/h11-15,18-19H,8-10H2,1-7H3,(H,27,28)(H,29,30)/t18-,19+/m0/s1. The van der Waals surface area contributed by atoms with Gasteiger partial charge in [0.15, 0.2) is 0 Å². The van der Waals surface area contributed by atoms with Crippen LogP contribution in [0.2, 0.25) is 0 Å². The number of benzene rings is 1. The van der Waals surface area contributed by atoms with Crippen molar-refractivity contribution in [2.24, 2.45) is 0 Å². The van der Waals surface area contributed by atoms with Gasteiger partial charge in [-0.3, -0.25) is 0 Å². The van der Waals surface area contributed by atoms with E-state index in [9.17, 15) is 4.79 Å². The average Bonchev–Trinajstić information content (AvgIpc) is 3.39. The smallest absolute Gasteiger partial charge is 0.444 e. The topological polar surface area (TPSA) is 85.5 Å². The second kappa shape index (κ2) is 8.47. The summed E-state index contributed by atoms with van der Waals surface area (Å²) in [5.74, 6) is 1.05. The Hall–Kier alpha value is -2.32. The second-order valence-corrected chi connectivity index (χ2v) is 11.2. The summed E-state index contributed by atoms with van der Waals surface area (Å²) in [5, 5.41) is 3.04. The third-order valence-electron chi connectivity index (χ3n) is 6.91. The van der Waals surface area contributed by atoms with Crippen LogP contribution < -0.4 is 10.8 Å². The molecular weight excluding hydrogens is 417 g/mol. The molecule has 2 N–H and O–H groups in total. The van der Waals surface area contributed by atoms with Crippen molar-refractivity contribution in [2.45, 2.75) is 96.5 Å². The van der Waals surface area contributed by atoms with E-state index in [0.29, 0.717) is 0 Å². The number of aromatic nitrogens is 2. The number of amides is 1. The van der Waals surface area contributed by atoms with Gasteiger partial charge in [-0.25, -0.2) is 9.78 Å². The molecule has 0 spiro atoms. The van der Waals surface area contributed by atoms with E-state index in [-0.39, 0.29) is 36.4 Å². The first-order valence-electron chi connectivity index (χ1n) is 11.8. The number of hydrogen-bond acceptors (Lipinski definition) is 5. The molecule has 0 radical (unpaired) electrons. The maximum absolute atomic E-state index is 12.3. The van der Waals surface area contributed by atoms with Gasteiger partial charge < -0.3 is 24.3 Å². The third kappa shape index (κ3) is 5.12. The monoisotopic (exact) mass is 453 g/mol. The lowest BCUT2D eigenvalue weighted by Crippen LogP contribution is -2.41. The SMILES string of the molecule is CC(C)(C)OC(=O)N[C@@H]1CCC[C@@H]1c1ncc(-c2ccc(B3OC(C)(C)C(C)(C)O3)cc2)[nH]1. The van der Waals surface area contributed by atoms with Crippen LogP contribution in [-0.2, 0) is 14.0 Å². The van der Waals surface area contributed by atoms with Gasteiger partial charge in [-0.2, -0.15) is 0 Å². The summed E-state index contributed by atoms with van der Waals surface area (Å²) >= 11 is 0. The first-order chi connectivity index (χ1) is 15.3. The molecule has 8 heteroatoms. The number of ether oxygens (including phenoxy) is 1. The van der Waals surface area contributed by atoms with Gasteiger partial charge >= 0.3 is 13.2 Å². The Morgan fingerprint density at radius 2 is 1.76 bits per heavy atom. The maximum Gasteiger partial charge on any atom is 0.494 e. The number of alkyl carbamates (subject to hydrolysis) is 1. The number of nitrogens with one attached hydrogen (secondary N) is 2. The largest absolute Gasteiger partial charge is 0.494 e. The molecule has 7 nitrogen and oxygen atoms in total. The van der Waals surface area contributed by atoms with Crippen LogP contribution in [-0.4, -0.2) is 46.0 Å². The van der Waals surface area contributed by atoms with Crippen LogP contribution in [0.4, 0.5) is 4.79 Å². The molecule has 1 aliphatic carbocycles. The lowest BCUT2D eigenvalue weighted by atomic mass is 9.79. The number of carbonyl (C=O) groups excluding carboxylic acids is 1. The van der Waals surface area contributed by atoms with Crippen LogP contribution in [0.15, 0.2) is 30.5 Å². The Labute approximate surface area is 197 Å². The molecular formula is C25H36BN3O4. The molecule has 1 aromatic carbocycles. The number of rotatable bonds is 4. The van der Waals surface area contributed by atoms with Gasteiger partial charge in [0.05, 0.1) is 23.1 Å². The van der Waals surface area contributed by atoms with Crippen molar-refractivity contribution >= 4 is 18.7 Å². The Morgan fingerprint density at radius 1 is 1.12 bits per heavy atom. The Kier molecular flexibility index (Phi) is 6.12. The quantitative estimate of drug-likeness (QED) is 0.665. The van der Waals surface area contributed by atoms with Crippen LogP contribution in [0.3, 0.4) is 0 Å². The van der Waals surface area contributed by atoms with Crippen LogP contribution in [0.25, 0.3) is 11.3 Å². The van der Waals surface area contributed by atoms with E-state index in [1.807, 2.05) is 39.1 Å². The molecule has 1 aromatic heterocycles. The summed E-state index contributed by atoms with van der Waals surface area (Å²) in [6.07, 6.45) is 4.44. The zero-order chi connectivity index (χ0) is 24.0. The van der Waals surface area contributed by atoms with Crippen LogP contribution in [0.1, 0.15) is 79.5 Å². The molecule has 2 fully saturated rings. The van der Waals surface area contributed by atoms with Gasteiger partial charge in [0.25, 0.3) is 0 Å². The Bertz CT molecular complexity index is 978. The van der Waals surface area contributed by atoms with Gasteiger partial charge in [0.1, 0.15) is 11.4 Å². The van der Waals surface area contributed by atoms with Crippen LogP contribution in [0.5, 0.6) is 0 Å². The van der Waals surface area contributed by atoms with Crippen molar-refractivity contribution in [1.29, 1.82) is 0 Å². The predicted molar refractivity (Wildman–Crippen MR) is 129 cm³/mol. The van der Waals surface area contributed by atoms with Crippen molar-refractivity contribution < 1.29 is 18.8 Å². The second-order valence-electron chi connectivity index (χ2n) is 11.2. The lowest BCUT2D eigenvalue weighted by molar-refractivity contribution is 0.00578. The summed E-state index contributed by atoms with van der Waals surface area (Å²) in [6, 6.07) is 8.22. The number of carbonyl (C=O) groups is 1. The van der Waals surface area contributed by atoms with Crippen molar-refractivity contribution in [3.8, 4) is 11.3 Å². The molecule has 2 atom stereocenters. The normalized spacial score (nSPS) is 24.2. The number of nitrogens with zero attached hydrogens (tertiary/aromatic N) is 1. The first kappa shape index (κ1) is 23.8. The zero-order valence-electron chi connectivity index (χ0n) is 20.8. The van der Waals surface area contributed by atoms with E-state index in [2.05, 4.69) is 55.1 Å². The minimum Gasteiger partial charge on any atom is -0.444 e. The molecule has 1 aliphatic heterocycles. The van der Waals surface area contributed by atoms with E-state index in [4.69, 9.17) is 14.0 Å². The van der Waals surface area contributed by atoms with E-state index in [0.717, 1.165) is 41.8 Å². The van der Waals surface area contributed by atoms with E-state index < -0.39 is 5.60 Å². The summed E-state index contributed by atoms with van der Waals surface area (Å²) in [7, 11) is -0.375. The van der Waals surface area contributed by atoms with Gasteiger partial charge in [-0.05, 0) is 72.3 Å².